The molecule has 1 aromatic heterocycles. The van der Waals surface area contributed by atoms with Gasteiger partial charge >= 0.3 is 0 Å². The Morgan fingerprint density at radius 3 is 2.68 bits per heavy atom. The van der Waals surface area contributed by atoms with Crippen LogP contribution in [0.25, 0.3) is 0 Å². The molecule has 4 heteroatoms. The number of aromatic nitrogens is 1. The van der Waals surface area contributed by atoms with Gasteiger partial charge in [-0.2, -0.15) is 0 Å². The Hall–Kier alpha value is -1.13. The SMILES string of the molecule is CN1[C@H]2CC[C@H]1CC(NCc1ccnc(OC3CCC3)c1)C2. The fourth-order valence-corrected chi connectivity index (χ4v) is 4.12. The fraction of sp³-hybridized carbons (Fsp3) is 0.722. The Morgan fingerprint density at radius 1 is 1.23 bits per heavy atom. The highest BCUT2D eigenvalue weighted by Crippen LogP contribution is 2.34. The third kappa shape index (κ3) is 2.99. The maximum atomic E-state index is 5.90. The summed E-state index contributed by atoms with van der Waals surface area (Å²) >= 11 is 0. The maximum Gasteiger partial charge on any atom is 0.213 e. The molecule has 3 fully saturated rings. The fourth-order valence-electron chi connectivity index (χ4n) is 4.12. The molecule has 0 radical (unpaired) electrons. The maximum absolute atomic E-state index is 5.90. The number of nitrogens with one attached hydrogen (secondary N) is 1. The monoisotopic (exact) mass is 301 g/mol. The van der Waals surface area contributed by atoms with Gasteiger partial charge in [0.05, 0.1) is 0 Å². The zero-order valence-corrected chi connectivity index (χ0v) is 13.5. The molecular weight excluding hydrogens is 274 g/mol. The summed E-state index contributed by atoms with van der Waals surface area (Å²) in [5.74, 6) is 0.799. The van der Waals surface area contributed by atoms with Gasteiger partial charge in [-0.3, -0.25) is 0 Å². The van der Waals surface area contributed by atoms with Crippen molar-refractivity contribution in [3.63, 3.8) is 0 Å². The van der Waals surface area contributed by atoms with Crippen molar-refractivity contribution in [2.45, 2.75) is 75.7 Å². The van der Waals surface area contributed by atoms with Gasteiger partial charge in [0.25, 0.3) is 0 Å². The van der Waals surface area contributed by atoms with Gasteiger partial charge in [-0.25, -0.2) is 4.98 Å². The standard InChI is InChI=1S/C18H27N3O/c1-21-15-5-6-16(21)11-14(10-15)20-12-13-7-8-19-18(9-13)22-17-3-2-4-17/h7-9,14-17,20H,2-6,10-12H2,1H3/t15-,16-/m0/s1. The number of fused-ring (bicyclic) bond motifs is 2. The third-order valence-electron chi connectivity index (χ3n) is 5.83. The first-order valence-electron chi connectivity index (χ1n) is 8.85. The molecule has 0 spiro atoms. The molecule has 22 heavy (non-hydrogen) atoms. The first kappa shape index (κ1) is 14.5. The second kappa shape index (κ2) is 6.17. The summed E-state index contributed by atoms with van der Waals surface area (Å²) in [7, 11) is 2.30. The number of hydrogen-bond donors (Lipinski definition) is 1. The number of nitrogens with zero attached hydrogens (tertiary/aromatic N) is 2. The molecular formula is C18H27N3O. The van der Waals surface area contributed by atoms with E-state index < -0.39 is 0 Å². The van der Waals surface area contributed by atoms with Crippen LogP contribution in [-0.2, 0) is 6.54 Å². The molecule has 3 heterocycles. The Balaban J connectivity index is 1.31. The Morgan fingerprint density at radius 2 is 2.00 bits per heavy atom. The summed E-state index contributed by atoms with van der Waals surface area (Å²) in [6.07, 6.45) is 11.3. The Labute approximate surface area is 133 Å². The summed E-state index contributed by atoms with van der Waals surface area (Å²) in [5.41, 5.74) is 1.29. The normalized spacial score (nSPS) is 32.0. The van der Waals surface area contributed by atoms with Crippen LogP contribution >= 0.6 is 0 Å². The highest BCUT2D eigenvalue weighted by atomic mass is 16.5. The van der Waals surface area contributed by atoms with Crippen LogP contribution in [0.2, 0.25) is 0 Å². The van der Waals surface area contributed by atoms with E-state index in [0.29, 0.717) is 12.1 Å². The van der Waals surface area contributed by atoms with Gasteiger partial charge in [0.2, 0.25) is 5.88 Å². The molecule has 0 aromatic carbocycles. The summed E-state index contributed by atoms with van der Waals surface area (Å²) < 4.78 is 5.90. The van der Waals surface area contributed by atoms with Gasteiger partial charge in [-0.15, -0.1) is 0 Å². The summed E-state index contributed by atoms with van der Waals surface area (Å²) in [6.45, 7) is 0.928. The second-order valence-corrected chi connectivity index (χ2v) is 7.27. The van der Waals surface area contributed by atoms with Crippen molar-refractivity contribution in [2.75, 3.05) is 7.05 Å². The lowest BCUT2D eigenvalue weighted by atomic mass is 9.96. The molecule has 1 saturated carbocycles. The molecule has 120 valence electrons. The van der Waals surface area contributed by atoms with Crippen LogP contribution in [0.4, 0.5) is 0 Å². The minimum atomic E-state index is 0.403. The van der Waals surface area contributed by atoms with E-state index in [-0.39, 0.29) is 0 Å². The van der Waals surface area contributed by atoms with E-state index in [1.54, 1.807) is 0 Å². The van der Waals surface area contributed by atoms with Crippen molar-refractivity contribution < 1.29 is 4.74 Å². The van der Waals surface area contributed by atoms with Gasteiger partial charge in [0.15, 0.2) is 0 Å². The van der Waals surface area contributed by atoms with Gasteiger partial charge in [-0.1, -0.05) is 0 Å². The average Bonchev–Trinajstić information content (AvgIpc) is 2.72. The van der Waals surface area contributed by atoms with Gasteiger partial charge in [0.1, 0.15) is 6.10 Å². The zero-order valence-electron chi connectivity index (χ0n) is 13.5. The minimum absolute atomic E-state index is 0.403. The number of rotatable bonds is 5. The van der Waals surface area contributed by atoms with Crippen molar-refractivity contribution in [3.8, 4) is 5.88 Å². The van der Waals surface area contributed by atoms with E-state index in [0.717, 1.165) is 24.5 Å². The molecule has 1 aliphatic carbocycles. The van der Waals surface area contributed by atoms with Crippen molar-refractivity contribution in [1.82, 2.24) is 15.2 Å². The van der Waals surface area contributed by atoms with E-state index in [9.17, 15) is 0 Å². The molecule has 4 nitrogen and oxygen atoms in total. The van der Waals surface area contributed by atoms with Crippen LogP contribution in [0.1, 0.15) is 50.5 Å². The van der Waals surface area contributed by atoms with E-state index >= 15 is 0 Å². The summed E-state index contributed by atoms with van der Waals surface area (Å²) in [6, 6.07) is 6.47. The van der Waals surface area contributed by atoms with Crippen LogP contribution < -0.4 is 10.1 Å². The van der Waals surface area contributed by atoms with Crippen molar-refractivity contribution in [3.05, 3.63) is 23.9 Å². The van der Waals surface area contributed by atoms with E-state index in [4.69, 9.17) is 4.74 Å². The quantitative estimate of drug-likeness (QED) is 0.907. The molecule has 2 saturated heterocycles. The van der Waals surface area contributed by atoms with Gasteiger partial charge in [-0.05, 0) is 63.6 Å². The molecule has 0 amide bonds. The first-order chi connectivity index (χ1) is 10.8. The Kier molecular flexibility index (Phi) is 4.05. The van der Waals surface area contributed by atoms with Crippen LogP contribution in [0, 0.1) is 0 Å². The topological polar surface area (TPSA) is 37.4 Å². The number of ether oxygens (including phenoxy) is 1. The molecule has 1 N–H and O–H groups in total. The van der Waals surface area contributed by atoms with E-state index in [1.165, 1.54) is 50.5 Å². The summed E-state index contributed by atoms with van der Waals surface area (Å²) in [4.78, 5) is 6.94. The third-order valence-corrected chi connectivity index (χ3v) is 5.83. The molecule has 4 rings (SSSR count). The number of hydrogen-bond acceptors (Lipinski definition) is 4. The average molecular weight is 301 g/mol. The number of pyridine rings is 1. The van der Waals surface area contributed by atoms with Crippen molar-refractivity contribution >= 4 is 0 Å². The lowest BCUT2D eigenvalue weighted by molar-refractivity contribution is 0.114. The van der Waals surface area contributed by atoms with Crippen LogP contribution in [0.15, 0.2) is 18.3 Å². The highest BCUT2D eigenvalue weighted by Gasteiger charge is 2.38. The van der Waals surface area contributed by atoms with E-state index in [1.807, 2.05) is 6.20 Å². The molecule has 2 bridgehead atoms. The molecule has 0 unspecified atom stereocenters. The molecule has 1 aromatic rings. The molecule has 2 aliphatic heterocycles. The summed E-state index contributed by atoms with van der Waals surface area (Å²) in [5, 5.41) is 3.76. The highest BCUT2D eigenvalue weighted by molar-refractivity contribution is 5.21. The first-order valence-corrected chi connectivity index (χ1v) is 8.85. The van der Waals surface area contributed by atoms with Crippen LogP contribution in [-0.4, -0.2) is 41.2 Å². The van der Waals surface area contributed by atoms with Gasteiger partial charge < -0.3 is 15.0 Å². The lowest BCUT2D eigenvalue weighted by Crippen LogP contribution is -2.46. The van der Waals surface area contributed by atoms with E-state index in [2.05, 4.69) is 34.4 Å². The zero-order chi connectivity index (χ0) is 14.9. The minimum Gasteiger partial charge on any atom is -0.474 e. The predicted molar refractivity (Wildman–Crippen MR) is 86.9 cm³/mol. The molecule has 3 aliphatic rings. The number of piperidine rings is 1. The van der Waals surface area contributed by atoms with Crippen LogP contribution in [0.3, 0.4) is 0 Å². The van der Waals surface area contributed by atoms with Crippen molar-refractivity contribution in [2.24, 2.45) is 0 Å². The second-order valence-electron chi connectivity index (χ2n) is 7.27. The Bertz CT molecular complexity index is 503. The van der Waals surface area contributed by atoms with Gasteiger partial charge in [0, 0.05) is 36.9 Å². The largest absolute Gasteiger partial charge is 0.474 e. The van der Waals surface area contributed by atoms with Crippen molar-refractivity contribution in [1.29, 1.82) is 0 Å². The predicted octanol–water partition coefficient (Wildman–Crippen LogP) is 2.73. The smallest absolute Gasteiger partial charge is 0.213 e. The lowest BCUT2D eigenvalue weighted by Gasteiger charge is -2.36. The molecule has 2 atom stereocenters. The van der Waals surface area contributed by atoms with Crippen LogP contribution in [0.5, 0.6) is 5.88 Å².